The molecule has 27 heavy (non-hydrogen) atoms. The number of carbonyl (C=O) groups is 2. The Morgan fingerprint density at radius 3 is 2.74 bits per heavy atom. The number of carbonyl (C=O) groups excluding carboxylic acids is 2. The lowest BCUT2D eigenvalue weighted by Gasteiger charge is -2.11. The summed E-state index contributed by atoms with van der Waals surface area (Å²) in [4.78, 5) is 38.7. The third-order valence-corrected chi connectivity index (χ3v) is 4.23. The monoisotopic (exact) mass is 391 g/mol. The minimum atomic E-state index is -0.666. The predicted octanol–water partition coefficient (Wildman–Crippen LogP) is 2.82. The molecule has 1 heterocycles. The topological polar surface area (TPSA) is 121 Å². The molecular weight excluding hydrogens is 374 g/mol. The van der Waals surface area contributed by atoms with E-state index in [9.17, 15) is 19.7 Å². The molecule has 1 amide bonds. The Morgan fingerprint density at radius 2 is 2.11 bits per heavy atom. The summed E-state index contributed by atoms with van der Waals surface area (Å²) in [6.07, 6.45) is 3.33. The molecule has 1 aromatic heterocycles. The highest BCUT2D eigenvalue weighted by Gasteiger charge is 2.19. The van der Waals surface area contributed by atoms with Crippen LogP contribution in [-0.2, 0) is 9.53 Å². The van der Waals surface area contributed by atoms with Crippen molar-refractivity contribution in [1.82, 2.24) is 4.98 Å². The van der Waals surface area contributed by atoms with Crippen molar-refractivity contribution in [3.8, 4) is 5.75 Å². The Bertz CT molecular complexity index is 887. The molecule has 1 N–H and O–H groups in total. The number of esters is 1. The van der Waals surface area contributed by atoms with Crippen LogP contribution in [0.25, 0.3) is 0 Å². The number of aryl methyl sites for hydroxylation is 1. The summed E-state index contributed by atoms with van der Waals surface area (Å²) in [6.45, 7) is 1.09. The summed E-state index contributed by atoms with van der Waals surface area (Å²) in [6, 6.07) is 5.80. The summed E-state index contributed by atoms with van der Waals surface area (Å²) >= 11 is 1.29. The highest BCUT2D eigenvalue weighted by molar-refractivity contribution is 7.98. The van der Waals surface area contributed by atoms with Gasteiger partial charge in [0.2, 0.25) is 0 Å². The molecule has 0 aliphatic heterocycles. The van der Waals surface area contributed by atoms with Gasteiger partial charge in [-0.15, -0.1) is 11.8 Å². The molecule has 0 atom stereocenters. The van der Waals surface area contributed by atoms with Gasteiger partial charge in [-0.1, -0.05) is 0 Å². The first-order valence-corrected chi connectivity index (χ1v) is 8.88. The van der Waals surface area contributed by atoms with Gasteiger partial charge >= 0.3 is 11.7 Å². The molecule has 2 rings (SSSR count). The van der Waals surface area contributed by atoms with Crippen LogP contribution in [0.5, 0.6) is 5.75 Å². The van der Waals surface area contributed by atoms with Gasteiger partial charge < -0.3 is 14.8 Å². The van der Waals surface area contributed by atoms with Crippen LogP contribution in [0.2, 0.25) is 0 Å². The maximum atomic E-state index is 12.1. The Balaban J connectivity index is 2.06. The number of benzene rings is 1. The number of thioether (sulfide) groups is 1. The average molecular weight is 391 g/mol. The van der Waals surface area contributed by atoms with Crippen molar-refractivity contribution in [1.29, 1.82) is 0 Å². The Labute approximate surface area is 159 Å². The largest absolute Gasteiger partial charge is 0.490 e. The molecule has 0 spiro atoms. The maximum Gasteiger partial charge on any atom is 0.341 e. The molecule has 9 nitrogen and oxygen atoms in total. The van der Waals surface area contributed by atoms with Gasteiger partial charge in [0, 0.05) is 24.0 Å². The van der Waals surface area contributed by atoms with Crippen molar-refractivity contribution in [3.05, 3.63) is 51.7 Å². The van der Waals surface area contributed by atoms with Gasteiger partial charge in [-0.05, 0) is 30.9 Å². The van der Waals surface area contributed by atoms with E-state index in [2.05, 4.69) is 10.3 Å². The number of aromatic nitrogens is 1. The summed E-state index contributed by atoms with van der Waals surface area (Å²) in [5.74, 6) is -1.24. The van der Waals surface area contributed by atoms with Crippen LogP contribution in [0.3, 0.4) is 0 Å². The van der Waals surface area contributed by atoms with Gasteiger partial charge in [0.15, 0.2) is 12.4 Å². The zero-order chi connectivity index (χ0) is 20.0. The maximum absolute atomic E-state index is 12.1. The van der Waals surface area contributed by atoms with Crippen LogP contribution >= 0.6 is 11.8 Å². The molecule has 1 aromatic carbocycles. The molecule has 0 aliphatic carbocycles. The SMILES string of the molecule is COc1cc(NC(=O)COC(=O)c2cccnc2SC)c(C)cc1[N+](=O)[O-]. The van der Waals surface area contributed by atoms with Gasteiger partial charge in [-0.3, -0.25) is 14.9 Å². The quantitative estimate of drug-likeness (QED) is 0.331. The molecule has 2 aromatic rings. The molecule has 0 saturated heterocycles. The number of nitrogens with zero attached hydrogens (tertiary/aromatic N) is 2. The number of nitro groups is 1. The number of rotatable bonds is 7. The number of pyridine rings is 1. The second-order valence-corrected chi connectivity index (χ2v) is 6.08. The summed E-state index contributed by atoms with van der Waals surface area (Å²) in [5, 5.41) is 14.1. The summed E-state index contributed by atoms with van der Waals surface area (Å²) < 4.78 is 10.00. The van der Waals surface area contributed by atoms with Crippen molar-refractivity contribution in [2.75, 3.05) is 25.3 Å². The van der Waals surface area contributed by atoms with E-state index in [0.717, 1.165) is 0 Å². The van der Waals surface area contributed by atoms with Gasteiger partial charge in [-0.25, -0.2) is 9.78 Å². The zero-order valence-corrected chi connectivity index (χ0v) is 15.7. The third-order valence-electron chi connectivity index (χ3n) is 3.52. The first-order valence-electron chi connectivity index (χ1n) is 7.66. The fraction of sp³-hybridized carbons (Fsp3) is 0.235. The fourth-order valence-corrected chi connectivity index (χ4v) is 2.76. The van der Waals surface area contributed by atoms with E-state index < -0.39 is 23.4 Å². The van der Waals surface area contributed by atoms with Crippen LogP contribution < -0.4 is 10.1 Å². The van der Waals surface area contributed by atoms with E-state index in [1.54, 1.807) is 31.5 Å². The Hall–Kier alpha value is -3.14. The highest BCUT2D eigenvalue weighted by Crippen LogP contribution is 2.32. The normalized spacial score (nSPS) is 10.2. The Kier molecular flexibility index (Phi) is 6.72. The van der Waals surface area contributed by atoms with E-state index >= 15 is 0 Å². The lowest BCUT2D eigenvalue weighted by molar-refractivity contribution is -0.385. The molecule has 0 bridgehead atoms. The van der Waals surface area contributed by atoms with Gasteiger partial charge in [0.25, 0.3) is 5.91 Å². The molecular formula is C17H17N3O6S. The lowest BCUT2D eigenvalue weighted by Crippen LogP contribution is -2.21. The predicted molar refractivity (Wildman–Crippen MR) is 99.3 cm³/mol. The Morgan fingerprint density at radius 1 is 1.37 bits per heavy atom. The molecule has 0 fully saturated rings. The molecule has 0 aliphatic rings. The molecule has 0 saturated carbocycles. The summed E-state index contributed by atoms with van der Waals surface area (Å²) in [7, 11) is 1.29. The van der Waals surface area contributed by atoms with Gasteiger partial charge in [0.1, 0.15) is 5.03 Å². The average Bonchev–Trinajstić information content (AvgIpc) is 2.67. The number of methoxy groups -OCH3 is 1. The highest BCUT2D eigenvalue weighted by atomic mass is 32.2. The summed E-state index contributed by atoms with van der Waals surface area (Å²) in [5.41, 5.74) is 0.857. The number of nitrogens with one attached hydrogen (secondary N) is 1. The number of hydrogen-bond donors (Lipinski definition) is 1. The first-order chi connectivity index (χ1) is 12.9. The van der Waals surface area contributed by atoms with E-state index in [-0.39, 0.29) is 17.0 Å². The van der Waals surface area contributed by atoms with Crippen molar-refractivity contribution < 1.29 is 24.0 Å². The second kappa shape index (κ2) is 8.99. The van der Waals surface area contributed by atoms with Crippen molar-refractivity contribution in [3.63, 3.8) is 0 Å². The number of anilines is 1. The minimum Gasteiger partial charge on any atom is -0.490 e. The molecule has 10 heteroatoms. The minimum absolute atomic E-state index is 0.0119. The molecule has 0 radical (unpaired) electrons. The van der Waals surface area contributed by atoms with E-state index in [0.29, 0.717) is 16.3 Å². The zero-order valence-electron chi connectivity index (χ0n) is 14.8. The van der Waals surface area contributed by atoms with E-state index in [1.807, 2.05) is 0 Å². The van der Waals surface area contributed by atoms with Crippen LogP contribution in [-0.4, -0.2) is 41.8 Å². The smallest absolute Gasteiger partial charge is 0.341 e. The van der Waals surface area contributed by atoms with Crippen LogP contribution in [0.4, 0.5) is 11.4 Å². The first kappa shape index (κ1) is 20.2. The number of nitro benzene ring substituents is 1. The van der Waals surface area contributed by atoms with Gasteiger partial charge in [0.05, 0.1) is 17.6 Å². The standard InChI is InChI=1S/C17H17N3O6S/c1-10-7-13(20(23)24)14(25-2)8-12(10)19-15(21)9-26-17(22)11-5-4-6-18-16(11)27-3/h4-8H,9H2,1-3H3,(H,19,21). The number of hydrogen-bond acceptors (Lipinski definition) is 8. The van der Waals surface area contributed by atoms with Crippen molar-refractivity contribution in [2.45, 2.75) is 11.9 Å². The molecule has 0 unspecified atom stereocenters. The van der Waals surface area contributed by atoms with Crippen molar-refractivity contribution >= 4 is 35.0 Å². The number of ether oxygens (including phenoxy) is 2. The van der Waals surface area contributed by atoms with E-state index in [1.165, 1.54) is 31.0 Å². The van der Waals surface area contributed by atoms with Crippen molar-refractivity contribution in [2.24, 2.45) is 0 Å². The van der Waals surface area contributed by atoms with Crippen LogP contribution in [0.15, 0.2) is 35.5 Å². The van der Waals surface area contributed by atoms with E-state index in [4.69, 9.17) is 9.47 Å². The van der Waals surface area contributed by atoms with Crippen LogP contribution in [0, 0.1) is 17.0 Å². The van der Waals surface area contributed by atoms with Gasteiger partial charge in [-0.2, -0.15) is 0 Å². The second-order valence-electron chi connectivity index (χ2n) is 5.28. The lowest BCUT2D eigenvalue weighted by atomic mass is 10.1. The molecule has 142 valence electrons. The van der Waals surface area contributed by atoms with Crippen LogP contribution in [0.1, 0.15) is 15.9 Å². The fourth-order valence-electron chi connectivity index (χ4n) is 2.22. The third kappa shape index (κ3) is 4.94. The number of amides is 1.